The Morgan fingerprint density at radius 2 is 2.38 bits per heavy atom. The summed E-state index contributed by atoms with van der Waals surface area (Å²) in [6.07, 6.45) is 0.855. The van der Waals surface area contributed by atoms with E-state index in [2.05, 4.69) is 10.4 Å². The lowest BCUT2D eigenvalue weighted by Crippen LogP contribution is -2.27. The molecule has 0 radical (unpaired) electrons. The summed E-state index contributed by atoms with van der Waals surface area (Å²) >= 11 is 0. The molecule has 72 valence electrons. The van der Waals surface area contributed by atoms with Crippen LogP contribution in [0.1, 0.15) is 11.3 Å². The largest absolute Gasteiger partial charge is 0.394 e. The van der Waals surface area contributed by atoms with Gasteiger partial charge in [0.05, 0.1) is 18.7 Å². The SMILES string of the molecule is O=c1[nH]n(CCO)c2c1CNCC2. The molecule has 0 atom stereocenters. The van der Waals surface area contributed by atoms with Gasteiger partial charge in [0.1, 0.15) is 0 Å². The van der Waals surface area contributed by atoms with Gasteiger partial charge in [0.25, 0.3) is 5.56 Å². The molecular weight excluding hydrogens is 170 g/mol. The lowest BCUT2D eigenvalue weighted by atomic mass is 10.1. The summed E-state index contributed by atoms with van der Waals surface area (Å²) < 4.78 is 1.75. The lowest BCUT2D eigenvalue weighted by Gasteiger charge is -2.14. The Morgan fingerprint density at radius 1 is 1.54 bits per heavy atom. The van der Waals surface area contributed by atoms with Crippen LogP contribution < -0.4 is 10.9 Å². The minimum Gasteiger partial charge on any atom is -0.394 e. The highest BCUT2D eigenvalue weighted by Crippen LogP contribution is 2.08. The summed E-state index contributed by atoms with van der Waals surface area (Å²) in [7, 11) is 0. The molecule has 0 saturated heterocycles. The van der Waals surface area contributed by atoms with Gasteiger partial charge in [0.15, 0.2) is 0 Å². The van der Waals surface area contributed by atoms with Crippen molar-refractivity contribution in [1.82, 2.24) is 15.1 Å². The number of nitrogens with one attached hydrogen (secondary N) is 2. The van der Waals surface area contributed by atoms with Crippen molar-refractivity contribution in [3.63, 3.8) is 0 Å². The quantitative estimate of drug-likeness (QED) is 0.540. The number of fused-ring (bicyclic) bond motifs is 1. The summed E-state index contributed by atoms with van der Waals surface area (Å²) in [5.41, 5.74) is 1.83. The van der Waals surface area contributed by atoms with E-state index < -0.39 is 0 Å². The van der Waals surface area contributed by atoms with Crippen molar-refractivity contribution in [2.45, 2.75) is 19.5 Å². The fourth-order valence-corrected chi connectivity index (χ4v) is 1.73. The minimum atomic E-state index is -0.0318. The van der Waals surface area contributed by atoms with Gasteiger partial charge in [-0.05, 0) is 0 Å². The first-order chi connectivity index (χ1) is 6.33. The van der Waals surface area contributed by atoms with E-state index in [0.29, 0.717) is 13.1 Å². The molecule has 2 heterocycles. The molecule has 1 aliphatic rings. The maximum atomic E-state index is 11.4. The van der Waals surface area contributed by atoms with Gasteiger partial charge < -0.3 is 10.4 Å². The minimum absolute atomic E-state index is 0.0318. The third-order valence-electron chi connectivity index (χ3n) is 2.35. The number of hydrogen-bond donors (Lipinski definition) is 3. The average Bonchev–Trinajstić information content (AvgIpc) is 2.46. The molecular formula is C8H13N3O2. The van der Waals surface area contributed by atoms with Crippen LogP contribution in [0.3, 0.4) is 0 Å². The van der Waals surface area contributed by atoms with Crippen molar-refractivity contribution in [1.29, 1.82) is 0 Å². The van der Waals surface area contributed by atoms with E-state index in [0.717, 1.165) is 24.2 Å². The Labute approximate surface area is 75.4 Å². The molecule has 5 nitrogen and oxygen atoms in total. The standard InChI is InChI=1S/C8H13N3O2/c12-4-3-11-7-1-2-9-5-6(7)8(13)10-11/h9,12H,1-5H2,(H,10,13). The number of aliphatic hydroxyl groups excluding tert-OH is 1. The zero-order chi connectivity index (χ0) is 9.26. The first kappa shape index (κ1) is 8.52. The van der Waals surface area contributed by atoms with Gasteiger partial charge >= 0.3 is 0 Å². The van der Waals surface area contributed by atoms with Crippen molar-refractivity contribution in [2.75, 3.05) is 13.2 Å². The second-order valence-electron chi connectivity index (χ2n) is 3.17. The average molecular weight is 183 g/mol. The lowest BCUT2D eigenvalue weighted by molar-refractivity contribution is 0.266. The maximum Gasteiger partial charge on any atom is 0.268 e. The summed E-state index contributed by atoms with van der Waals surface area (Å²) in [5, 5.41) is 14.6. The number of aromatic amines is 1. The predicted molar refractivity (Wildman–Crippen MR) is 47.5 cm³/mol. The van der Waals surface area contributed by atoms with Gasteiger partial charge in [-0.3, -0.25) is 14.6 Å². The molecule has 0 bridgehead atoms. The smallest absolute Gasteiger partial charge is 0.268 e. The highest BCUT2D eigenvalue weighted by Gasteiger charge is 2.17. The third kappa shape index (κ3) is 1.40. The van der Waals surface area contributed by atoms with Crippen LogP contribution in [0.4, 0.5) is 0 Å². The zero-order valence-corrected chi connectivity index (χ0v) is 7.34. The fourth-order valence-electron chi connectivity index (χ4n) is 1.73. The molecule has 0 spiro atoms. The van der Waals surface area contributed by atoms with E-state index in [1.807, 2.05) is 0 Å². The van der Waals surface area contributed by atoms with Crippen LogP contribution in [-0.4, -0.2) is 28.0 Å². The van der Waals surface area contributed by atoms with Crippen LogP contribution in [-0.2, 0) is 19.5 Å². The van der Waals surface area contributed by atoms with Gasteiger partial charge in [0, 0.05) is 25.2 Å². The monoisotopic (exact) mass is 183 g/mol. The molecule has 0 amide bonds. The zero-order valence-electron chi connectivity index (χ0n) is 7.34. The first-order valence-electron chi connectivity index (χ1n) is 4.45. The predicted octanol–water partition coefficient (Wildman–Crippen LogP) is -1.19. The van der Waals surface area contributed by atoms with Gasteiger partial charge in [-0.25, -0.2) is 0 Å². The maximum absolute atomic E-state index is 11.4. The van der Waals surface area contributed by atoms with Gasteiger partial charge in [-0.2, -0.15) is 0 Å². The Hall–Kier alpha value is -1.07. The number of H-pyrrole nitrogens is 1. The number of nitrogens with zero attached hydrogens (tertiary/aromatic N) is 1. The van der Waals surface area contributed by atoms with Gasteiger partial charge in [0.2, 0.25) is 0 Å². The van der Waals surface area contributed by atoms with E-state index in [1.54, 1.807) is 4.68 Å². The van der Waals surface area contributed by atoms with Crippen LogP contribution in [0.15, 0.2) is 4.79 Å². The Balaban J connectivity index is 2.41. The summed E-state index contributed by atoms with van der Waals surface area (Å²) in [6, 6.07) is 0. The first-order valence-corrected chi connectivity index (χ1v) is 4.45. The molecule has 5 heteroatoms. The molecule has 1 aliphatic heterocycles. The summed E-state index contributed by atoms with van der Waals surface area (Å²) in [5.74, 6) is 0. The van der Waals surface area contributed by atoms with E-state index in [9.17, 15) is 4.79 Å². The summed E-state index contributed by atoms with van der Waals surface area (Å²) in [4.78, 5) is 11.4. The number of rotatable bonds is 2. The van der Waals surface area contributed by atoms with E-state index in [-0.39, 0.29) is 12.2 Å². The molecule has 0 fully saturated rings. The van der Waals surface area contributed by atoms with Crippen molar-refractivity contribution in [2.24, 2.45) is 0 Å². The van der Waals surface area contributed by atoms with Crippen molar-refractivity contribution >= 4 is 0 Å². The topological polar surface area (TPSA) is 70.0 Å². The molecule has 1 aromatic heterocycles. The third-order valence-corrected chi connectivity index (χ3v) is 2.35. The molecule has 0 aromatic carbocycles. The Morgan fingerprint density at radius 3 is 3.15 bits per heavy atom. The number of aromatic nitrogens is 2. The Kier molecular flexibility index (Phi) is 2.20. The number of aliphatic hydroxyl groups is 1. The molecule has 2 rings (SSSR count). The van der Waals surface area contributed by atoms with Crippen LogP contribution in [0, 0.1) is 0 Å². The number of hydrogen-bond acceptors (Lipinski definition) is 3. The molecule has 1 aromatic rings. The van der Waals surface area contributed by atoms with Crippen LogP contribution in [0.25, 0.3) is 0 Å². The second kappa shape index (κ2) is 3.35. The van der Waals surface area contributed by atoms with E-state index in [4.69, 9.17) is 5.11 Å². The second-order valence-corrected chi connectivity index (χ2v) is 3.17. The van der Waals surface area contributed by atoms with Gasteiger partial charge in [-0.15, -0.1) is 0 Å². The van der Waals surface area contributed by atoms with Gasteiger partial charge in [-0.1, -0.05) is 0 Å². The Bertz CT molecular complexity index is 353. The highest BCUT2D eigenvalue weighted by molar-refractivity contribution is 5.20. The molecule has 0 unspecified atom stereocenters. The van der Waals surface area contributed by atoms with Crippen molar-refractivity contribution in [3.05, 3.63) is 21.6 Å². The summed E-state index contributed by atoms with van der Waals surface area (Å²) in [6.45, 7) is 2.08. The molecule has 0 aliphatic carbocycles. The van der Waals surface area contributed by atoms with Crippen molar-refractivity contribution in [3.8, 4) is 0 Å². The molecule has 0 saturated carbocycles. The molecule has 3 N–H and O–H groups in total. The molecule has 13 heavy (non-hydrogen) atoms. The van der Waals surface area contributed by atoms with E-state index >= 15 is 0 Å². The van der Waals surface area contributed by atoms with Crippen LogP contribution in [0.5, 0.6) is 0 Å². The van der Waals surface area contributed by atoms with Crippen LogP contribution in [0.2, 0.25) is 0 Å². The highest BCUT2D eigenvalue weighted by atomic mass is 16.3. The van der Waals surface area contributed by atoms with E-state index in [1.165, 1.54) is 0 Å². The fraction of sp³-hybridized carbons (Fsp3) is 0.625. The normalized spacial score (nSPS) is 15.8. The van der Waals surface area contributed by atoms with Crippen LogP contribution >= 0.6 is 0 Å². The van der Waals surface area contributed by atoms with Crippen molar-refractivity contribution < 1.29 is 5.11 Å².